The Hall–Kier alpha value is -1.05. The van der Waals surface area contributed by atoms with Crippen LogP contribution in [0.25, 0.3) is 0 Å². The second kappa shape index (κ2) is 5.29. The van der Waals surface area contributed by atoms with Gasteiger partial charge in [-0.3, -0.25) is 0 Å². The molecule has 0 radical (unpaired) electrons. The maximum absolute atomic E-state index is 13.0. The second-order valence-electron chi connectivity index (χ2n) is 5.86. The molecule has 0 amide bonds. The average molecular weight is 247 g/mol. The lowest BCUT2D eigenvalue weighted by atomic mass is 9.93. The van der Waals surface area contributed by atoms with Crippen molar-refractivity contribution in [3.63, 3.8) is 0 Å². The Bertz CT molecular complexity index is 377. The van der Waals surface area contributed by atoms with Crippen molar-refractivity contribution in [3.8, 4) is 0 Å². The lowest BCUT2D eigenvalue weighted by Gasteiger charge is -2.36. The third-order valence-electron chi connectivity index (χ3n) is 4.33. The number of halogens is 1. The van der Waals surface area contributed by atoms with Crippen LogP contribution in [0.1, 0.15) is 44.9 Å². The quantitative estimate of drug-likeness (QED) is 0.763. The fourth-order valence-corrected chi connectivity index (χ4v) is 3.07. The highest BCUT2D eigenvalue weighted by Crippen LogP contribution is 2.35. The maximum Gasteiger partial charge on any atom is 0.123 e. The zero-order valence-electron chi connectivity index (χ0n) is 10.9. The van der Waals surface area contributed by atoms with Crippen LogP contribution in [0.2, 0.25) is 0 Å². The first-order valence-electron chi connectivity index (χ1n) is 7.35. The van der Waals surface area contributed by atoms with Gasteiger partial charge in [0.05, 0.1) is 0 Å². The van der Waals surface area contributed by atoms with Gasteiger partial charge in [0, 0.05) is 18.3 Å². The van der Waals surface area contributed by atoms with Crippen LogP contribution in [0.4, 0.5) is 10.1 Å². The molecule has 1 nitrogen and oxygen atoms in total. The molecule has 0 N–H and O–H groups in total. The van der Waals surface area contributed by atoms with E-state index in [0.717, 1.165) is 5.92 Å². The highest BCUT2D eigenvalue weighted by atomic mass is 19.1. The summed E-state index contributed by atoms with van der Waals surface area (Å²) < 4.78 is 13.0. The molecular formula is C16H22FN. The Morgan fingerprint density at radius 1 is 0.944 bits per heavy atom. The summed E-state index contributed by atoms with van der Waals surface area (Å²) in [4.78, 5) is 2.55. The van der Waals surface area contributed by atoms with E-state index in [-0.39, 0.29) is 5.82 Å². The Kier molecular flexibility index (Phi) is 3.53. The molecule has 0 atom stereocenters. The molecule has 18 heavy (non-hydrogen) atoms. The third-order valence-corrected chi connectivity index (χ3v) is 4.33. The Morgan fingerprint density at radius 2 is 1.61 bits per heavy atom. The largest absolute Gasteiger partial charge is 0.368 e. The van der Waals surface area contributed by atoms with Crippen molar-refractivity contribution in [2.45, 2.75) is 51.0 Å². The van der Waals surface area contributed by atoms with Gasteiger partial charge < -0.3 is 4.90 Å². The molecule has 0 saturated heterocycles. The monoisotopic (exact) mass is 247 g/mol. The van der Waals surface area contributed by atoms with Crippen molar-refractivity contribution < 1.29 is 4.39 Å². The van der Waals surface area contributed by atoms with Crippen LogP contribution in [0.15, 0.2) is 24.3 Å². The van der Waals surface area contributed by atoms with Crippen LogP contribution < -0.4 is 4.90 Å². The van der Waals surface area contributed by atoms with Crippen molar-refractivity contribution in [1.82, 2.24) is 0 Å². The highest BCUT2D eigenvalue weighted by Gasteiger charge is 2.29. The molecule has 2 fully saturated rings. The van der Waals surface area contributed by atoms with Gasteiger partial charge in [-0.2, -0.15) is 0 Å². The van der Waals surface area contributed by atoms with Gasteiger partial charge in [-0.25, -0.2) is 4.39 Å². The van der Waals surface area contributed by atoms with Gasteiger partial charge in [0.1, 0.15) is 5.82 Å². The number of nitrogens with zero attached hydrogens (tertiary/aromatic N) is 1. The molecule has 0 heterocycles. The number of hydrogen-bond donors (Lipinski definition) is 0. The summed E-state index contributed by atoms with van der Waals surface area (Å²) in [5, 5.41) is 0. The molecule has 0 spiro atoms. The summed E-state index contributed by atoms with van der Waals surface area (Å²) in [6.07, 6.45) is 9.47. The fourth-order valence-electron chi connectivity index (χ4n) is 3.07. The predicted molar refractivity (Wildman–Crippen MR) is 73.3 cm³/mol. The highest BCUT2D eigenvalue weighted by molar-refractivity contribution is 5.47. The average Bonchev–Trinajstić information content (AvgIpc) is 3.22. The van der Waals surface area contributed by atoms with E-state index in [1.165, 1.54) is 57.2 Å². The van der Waals surface area contributed by atoms with Crippen LogP contribution in [0.5, 0.6) is 0 Å². The normalized spacial score (nSPS) is 20.9. The van der Waals surface area contributed by atoms with E-state index in [1.54, 1.807) is 12.1 Å². The molecule has 0 unspecified atom stereocenters. The lowest BCUT2D eigenvalue weighted by Crippen LogP contribution is -2.38. The topological polar surface area (TPSA) is 3.24 Å². The van der Waals surface area contributed by atoms with E-state index in [0.29, 0.717) is 6.04 Å². The summed E-state index contributed by atoms with van der Waals surface area (Å²) in [6.45, 7) is 1.18. The molecule has 3 rings (SSSR count). The smallest absolute Gasteiger partial charge is 0.123 e. The summed E-state index contributed by atoms with van der Waals surface area (Å²) >= 11 is 0. The van der Waals surface area contributed by atoms with E-state index >= 15 is 0 Å². The van der Waals surface area contributed by atoms with Crippen LogP contribution in [-0.4, -0.2) is 12.6 Å². The molecule has 0 bridgehead atoms. The predicted octanol–water partition coefficient (Wildman–Crippen LogP) is 4.37. The molecule has 1 aromatic rings. The van der Waals surface area contributed by atoms with Gasteiger partial charge in [-0.1, -0.05) is 19.3 Å². The summed E-state index contributed by atoms with van der Waals surface area (Å²) in [7, 11) is 0. The molecule has 0 aliphatic heterocycles. The van der Waals surface area contributed by atoms with Gasteiger partial charge in [-0.15, -0.1) is 0 Å². The number of anilines is 1. The molecule has 2 heteroatoms. The van der Waals surface area contributed by atoms with Crippen LogP contribution in [0.3, 0.4) is 0 Å². The molecule has 2 aliphatic rings. The summed E-state index contributed by atoms with van der Waals surface area (Å²) in [5.41, 5.74) is 1.22. The maximum atomic E-state index is 13.0. The molecule has 2 saturated carbocycles. The van der Waals surface area contributed by atoms with Crippen molar-refractivity contribution >= 4 is 5.69 Å². The van der Waals surface area contributed by atoms with E-state index in [9.17, 15) is 4.39 Å². The van der Waals surface area contributed by atoms with Gasteiger partial charge >= 0.3 is 0 Å². The minimum Gasteiger partial charge on any atom is -0.368 e. The zero-order chi connectivity index (χ0) is 12.4. The van der Waals surface area contributed by atoms with E-state index < -0.39 is 0 Å². The van der Waals surface area contributed by atoms with Crippen LogP contribution >= 0.6 is 0 Å². The molecule has 2 aliphatic carbocycles. The van der Waals surface area contributed by atoms with E-state index in [1.807, 2.05) is 12.1 Å². The van der Waals surface area contributed by atoms with E-state index in [2.05, 4.69) is 4.90 Å². The Morgan fingerprint density at radius 3 is 2.22 bits per heavy atom. The Labute approximate surface area is 109 Å². The zero-order valence-corrected chi connectivity index (χ0v) is 10.9. The van der Waals surface area contributed by atoms with Crippen LogP contribution in [0, 0.1) is 11.7 Å². The van der Waals surface area contributed by atoms with E-state index in [4.69, 9.17) is 0 Å². The number of benzene rings is 1. The molecular weight excluding hydrogens is 225 g/mol. The van der Waals surface area contributed by atoms with Gasteiger partial charge in [0.25, 0.3) is 0 Å². The standard InChI is InChI=1S/C16H22FN/c17-14-8-10-16(11-9-14)18(12-13-6-7-13)15-4-2-1-3-5-15/h8-11,13,15H,1-7,12H2. The second-order valence-corrected chi connectivity index (χ2v) is 5.86. The van der Waals surface area contributed by atoms with Gasteiger partial charge in [-0.05, 0) is 55.9 Å². The first-order valence-corrected chi connectivity index (χ1v) is 7.35. The minimum absolute atomic E-state index is 0.131. The SMILES string of the molecule is Fc1ccc(N(CC2CC2)C2CCCCC2)cc1. The molecule has 1 aromatic carbocycles. The number of hydrogen-bond acceptors (Lipinski definition) is 1. The van der Waals surface area contributed by atoms with Crippen LogP contribution in [-0.2, 0) is 0 Å². The third kappa shape index (κ3) is 2.85. The van der Waals surface area contributed by atoms with Gasteiger partial charge in [0.2, 0.25) is 0 Å². The first-order chi connectivity index (χ1) is 8.83. The van der Waals surface area contributed by atoms with Crippen molar-refractivity contribution in [2.24, 2.45) is 5.92 Å². The van der Waals surface area contributed by atoms with Gasteiger partial charge in [0.15, 0.2) is 0 Å². The van der Waals surface area contributed by atoms with Crippen molar-refractivity contribution in [3.05, 3.63) is 30.1 Å². The molecule has 98 valence electrons. The first kappa shape index (κ1) is 12.0. The molecule has 0 aromatic heterocycles. The van der Waals surface area contributed by atoms with Crippen molar-refractivity contribution in [1.29, 1.82) is 0 Å². The summed E-state index contributed by atoms with van der Waals surface area (Å²) in [6, 6.07) is 7.78. The van der Waals surface area contributed by atoms with Crippen molar-refractivity contribution in [2.75, 3.05) is 11.4 Å². The summed E-state index contributed by atoms with van der Waals surface area (Å²) in [5.74, 6) is 0.755. The minimum atomic E-state index is -0.131. The fraction of sp³-hybridized carbons (Fsp3) is 0.625. The Balaban J connectivity index is 1.76. The lowest BCUT2D eigenvalue weighted by molar-refractivity contribution is 0.410. The number of rotatable bonds is 4.